The van der Waals surface area contributed by atoms with Crippen LogP contribution in [0.5, 0.6) is 0 Å². The van der Waals surface area contributed by atoms with Crippen molar-refractivity contribution >= 4 is 0 Å². The van der Waals surface area contributed by atoms with Crippen molar-refractivity contribution in [1.82, 2.24) is 0 Å². The highest BCUT2D eigenvalue weighted by molar-refractivity contribution is 4.84. The monoisotopic (exact) mass is 224 g/mol. The van der Waals surface area contributed by atoms with Gasteiger partial charge in [0.15, 0.2) is 0 Å². The molecule has 0 heteroatoms. The predicted octanol–water partition coefficient (Wildman–Crippen LogP) is 5.81. The SMILES string of the molecule is CCCCCC(C)C(C)(C)C1CCCCC1. The first-order valence-electron chi connectivity index (χ1n) is 7.59. The fraction of sp³-hybridized carbons (Fsp3) is 1.00. The van der Waals surface area contributed by atoms with Gasteiger partial charge >= 0.3 is 0 Å². The molecule has 0 heterocycles. The third-order valence-corrected chi connectivity index (χ3v) is 5.17. The molecule has 0 N–H and O–H groups in total. The first-order chi connectivity index (χ1) is 7.59. The van der Waals surface area contributed by atoms with Crippen molar-refractivity contribution in [2.24, 2.45) is 17.3 Å². The third kappa shape index (κ3) is 3.79. The highest BCUT2D eigenvalue weighted by atomic mass is 14.4. The lowest BCUT2D eigenvalue weighted by Crippen LogP contribution is -2.32. The van der Waals surface area contributed by atoms with Crippen LogP contribution in [0.15, 0.2) is 0 Å². The molecule has 0 nitrogen and oxygen atoms in total. The lowest BCUT2D eigenvalue weighted by molar-refractivity contribution is 0.0854. The van der Waals surface area contributed by atoms with Gasteiger partial charge in [0.2, 0.25) is 0 Å². The molecule has 1 aliphatic rings. The van der Waals surface area contributed by atoms with Crippen LogP contribution in [0.25, 0.3) is 0 Å². The molecule has 0 spiro atoms. The van der Waals surface area contributed by atoms with Gasteiger partial charge in [-0.1, -0.05) is 72.6 Å². The summed E-state index contributed by atoms with van der Waals surface area (Å²) in [6.07, 6.45) is 13.1. The van der Waals surface area contributed by atoms with E-state index < -0.39 is 0 Å². The van der Waals surface area contributed by atoms with Gasteiger partial charge in [0.1, 0.15) is 0 Å². The van der Waals surface area contributed by atoms with Crippen molar-refractivity contribution < 1.29 is 0 Å². The predicted molar refractivity (Wildman–Crippen MR) is 73.7 cm³/mol. The van der Waals surface area contributed by atoms with Crippen molar-refractivity contribution in [3.05, 3.63) is 0 Å². The van der Waals surface area contributed by atoms with E-state index in [-0.39, 0.29) is 0 Å². The fourth-order valence-electron chi connectivity index (χ4n) is 3.32. The Balaban J connectivity index is 2.40. The van der Waals surface area contributed by atoms with E-state index in [1.165, 1.54) is 57.8 Å². The minimum atomic E-state index is 0.578. The van der Waals surface area contributed by atoms with E-state index in [1.54, 1.807) is 0 Å². The molecular weight excluding hydrogens is 192 g/mol. The molecule has 1 aliphatic carbocycles. The Kier molecular flexibility index (Phi) is 5.86. The molecule has 1 atom stereocenters. The lowest BCUT2D eigenvalue weighted by atomic mass is 9.64. The molecule has 16 heavy (non-hydrogen) atoms. The van der Waals surface area contributed by atoms with Crippen molar-refractivity contribution in [3.8, 4) is 0 Å². The standard InChI is InChI=1S/C16H32/c1-5-6-8-11-14(2)16(3,4)15-12-9-7-10-13-15/h14-15H,5-13H2,1-4H3. The van der Waals surface area contributed by atoms with E-state index in [9.17, 15) is 0 Å². The number of rotatable bonds is 6. The van der Waals surface area contributed by atoms with Crippen LogP contribution < -0.4 is 0 Å². The van der Waals surface area contributed by atoms with E-state index in [4.69, 9.17) is 0 Å². The molecule has 0 bridgehead atoms. The molecule has 1 fully saturated rings. The van der Waals surface area contributed by atoms with Gasteiger partial charge in [-0.25, -0.2) is 0 Å². The molecule has 0 aromatic rings. The van der Waals surface area contributed by atoms with Gasteiger partial charge in [0, 0.05) is 0 Å². The maximum atomic E-state index is 2.53. The van der Waals surface area contributed by atoms with Crippen LogP contribution in [0.1, 0.15) is 85.5 Å². The van der Waals surface area contributed by atoms with Crippen LogP contribution in [0, 0.1) is 17.3 Å². The van der Waals surface area contributed by atoms with Gasteiger partial charge < -0.3 is 0 Å². The second-order valence-electron chi connectivity index (χ2n) is 6.55. The summed E-state index contributed by atoms with van der Waals surface area (Å²) in [5.74, 6) is 1.90. The maximum Gasteiger partial charge on any atom is -0.0300 e. The molecule has 96 valence electrons. The maximum absolute atomic E-state index is 2.53. The van der Waals surface area contributed by atoms with Crippen LogP contribution in [-0.4, -0.2) is 0 Å². The first-order valence-corrected chi connectivity index (χ1v) is 7.59. The van der Waals surface area contributed by atoms with Gasteiger partial charge in [-0.2, -0.15) is 0 Å². The fourth-order valence-corrected chi connectivity index (χ4v) is 3.32. The minimum Gasteiger partial charge on any atom is -0.0654 e. The molecule has 1 rings (SSSR count). The average molecular weight is 224 g/mol. The minimum absolute atomic E-state index is 0.578. The van der Waals surface area contributed by atoms with Crippen LogP contribution in [-0.2, 0) is 0 Å². The lowest BCUT2D eigenvalue weighted by Gasteiger charge is -2.42. The van der Waals surface area contributed by atoms with E-state index in [2.05, 4.69) is 27.7 Å². The number of unbranched alkanes of at least 4 members (excludes halogenated alkanes) is 2. The zero-order chi connectivity index (χ0) is 12.0. The van der Waals surface area contributed by atoms with Crippen molar-refractivity contribution in [2.75, 3.05) is 0 Å². The summed E-state index contributed by atoms with van der Waals surface area (Å²) in [4.78, 5) is 0. The second-order valence-corrected chi connectivity index (χ2v) is 6.55. The van der Waals surface area contributed by atoms with Gasteiger partial charge in [-0.15, -0.1) is 0 Å². The molecule has 0 amide bonds. The van der Waals surface area contributed by atoms with Crippen molar-refractivity contribution in [3.63, 3.8) is 0 Å². The molecule has 1 saturated carbocycles. The number of hydrogen-bond acceptors (Lipinski definition) is 0. The summed E-state index contributed by atoms with van der Waals surface area (Å²) in [5.41, 5.74) is 0.578. The zero-order valence-electron chi connectivity index (χ0n) is 12.0. The Morgan fingerprint density at radius 1 is 1.06 bits per heavy atom. The first kappa shape index (κ1) is 14.1. The highest BCUT2D eigenvalue weighted by Crippen LogP contribution is 2.44. The molecular formula is C16H32. The van der Waals surface area contributed by atoms with Crippen molar-refractivity contribution in [2.45, 2.75) is 85.5 Å². The Bertz CT molecular complexity index is 174. The Morgan fingerprint density at radius 3 is 2.25 bits per heavy atom. The van der Waals surface area contributed by atoms with Gasteiger partial charge in [0.05, 0.1) is 0 Å². The summed E-state index contributed by atoms with van der Waals surface area (Å²) in [7, 11) is 0. The van der Waals surface area contributed by atoms with E-state index >= 15 is 0 Å². The van der Waals surface area contributed by atoms with Gasteiger partial charge in [0.25, 0.3) is 0 Å². The molecule has 1 unspecified atom stereocenters. The van der Waals surface area contributed by atoms with E-state index in [0.717, 1.165) is 11.8 Å². The largest absolute Gasteiger partial charge is 0.0654 e. The normalized spacial score (nSPS) is 21.0. The third-order valence-electron chi connectivity index (χ3n) is 5.17. The summed E-state index contributed by atoms with van der Waals surface area (Å²) >= 11 is 0. The molecule has 0 aliphatic heterocycles. The number of hydrogen-bond donors (Lipinski definition) is 0. The smallest absolute Gasteiger partial charge is 0.0300 e. The van der Waals surface area contributed by atoms with Crippen molar-refractivity contribution in [1.29, 1.82) is 0 Å². The Morgan fingerprint density at radius 2 is 1.69 bits per heavy atom. The van der Waals surface area contributed by atoms with E-state index in [1.807, 2.05) is 0 Å². The van der Waals surface area contributed by atoms with Crippen LogP contribution >= 0.6 is 0 Å². The topological polar surface area (TPSA) is 0 Å². The summed E-state index contributed by atoms with van der Waals surface area (Å²) in [6, 6.07) is 0. The molecule has 0 saturated heterocycles. The summed E-state index contributed by atoms with van der Waals surface area (Å²) in [6.45, 7) is 9.85. The highest BCUT2D eigenvalue weighted by Gasteiger charge is 2.34. The summed E-state index contributed by atoms with van der Waals surface area (Å²) in [5, 5.41) is 0. The van der Waals surface area contributed by atoms with Gasteiger partial charge in [-0.05, 0) is 30.1 Å². The van der Waals surface area contributed by atoms with E-state index in [0.29, 0.717) is 5.41 Å². The van der Waals surface area contributed by atoms with Gasteiger partial charge in [-0.3, -0.25) is 0 Å². The zero-order valence-corrected chi connectivity index (χ0v) is 12.0. The average Bonchev–Trinajstić information content (AvgIpc) is 2.30. The molecule has 0 aromatic carbocycles. The van der Waals surface area contributed by atoms with Crippen LogP contribution in [0.2, 0.25) is 0 Å². The Hall–Kier alpha value is 0. The quantitative estimate of drug-likeness (QED) is 0.499. The summed E-state index contributed by atoms with van der Waals surface area (Å²) < 4.78 is 0. The molecule has 0 aromatic heterocycles. The Labute approximate surface area is 103 Å². The molecule has 0 radical (unpaired) electrons. The van der Waals surface area contributed by atoms with Crippen LogP contribution in [0.3, 0.4) is 0 Å². The van der Waals surface area contributed by atoms with Crippen LogP contribution in [0.4, 0.5) is 0 Å². The second kappa shape index (κ2) is 6.67.